The summed E-state index contributed by atoms with van der Waals surface area (Å²) in [7, 11) is 0. The molecule has 0 saturated carbocycles. The number of hydrogen-bond donors (Lipinski definition) is 1. The van der Waals surface area contributed by atoms with Crippen molar-refractivity contribution in [2.45, 2.75) is 32.9 Å². The molecule has 1 atom stereocenters. The molecule has 5 heteroatoms. The van der Waals surface area contributed by atoms with Crippen molar-refractivity contribution >= 4 is 22.2 Å². The summed E-state index contributed by atoms with van der Waals surface area (Å²) in [6.07, 6.45) is -0.0854. The highest BCUT2D eigenvalue weighted by Gasteiger charge is 2.17. The minimum Gasteiger partial charge on any atom is -0.386 e. The van der Waals surface area contributed by atoms with Crippen LogP contribution in [-0.2, 0) is 13.0 Å². The Kier molecular flexibility index (Phi) is 3.54. The third-order valence-electron chi connectivity index (χ3n) is 3.34. The quantitative estimate of drug-likeness (QED) is 0.802. The lowest BCUT2D eigenvalue weighted by Gasteiger charge is -2.05. The minimum absolute atomic E-state index is 0.500. The molecule has 0 spiro atoms. The van der Waals surface area contributed by atoms with Gasteiger partial charge in [0.2, 0.25) is 0 Å². The van der Waals surface area contributed by atoms with Gasteiger partial charge < -0.3 is 5.11 Å². The van der Waals surface area contributed by atoms with Crippen LogP contribution in [0.25, 0.3) is 10.9 Å². The molecule has 3 rings (SSSR count). The third kappa shape index (κ3) is 2.34. The molecule has 0 radical (unpaired) electrons. The first-order chi connectivity index (χ1) is 9.69. The van der Waals surface area contributed by atoms with E-state index in [1.807, 2.05) is 29.1 Å². The first-order valence-electron chi connectivity index (χ1n) is 6.73. The van der Waals surface area contributed by atoms with Gasteiger partial charge in [-0.05, 0) is 19.9 Å². The van der Waals surface area contributed by atoms with E-state index in [1.165, 1.54) is 11.3 Å². The van der Waals surface area contributed by atoms with Crippen LogP contribution in [0, 0.1) is 6.92 Å². The van der Waals surface area contributed by atoms with Crippen LogP contribution in [0.5, 0.6) is 0 Å². The van der Waals surface area contributed by atoms with Crippen LogP contribution in [0.1, 0.15) is 29.4 Å². The number of fused-ring (bicyclic) bond motifs is 1. The van der Waals surface area contributed by atoms with Crippen molar-refractivity contribution in [3.05, 3.63) is 46.0 Å². The minimum atomic E-state index is -0.586. The van der Waals surface area contributed by atoms with Crippen molar-refractivity contribution in [2.24, 2.45) is 0 Å². The van der Waals surface area contributed by atoms with Gasteiger partial charge in [-0.2, -0.15) is 5.10 Å². The molecular weight excluding hydrogens is 270 g/mol. The predicted octanol–water partition coefficient (Wildman–Crippen LogP) is 3.10. The highest BCUT2D eigenvalue weighted by atomic mass is 32.1. The third-order valence-corrected chi connectivity index (χ3v) is 4.41. The molecule has 104 valence electrons. The van der Waals surface area contributed by atoms with Gasteiger partial charge in [-0.25, -0.2) is 4.98 Å². The molecule has 0 aliphatic heterocycles. The van der Waals surface area contributed by atoms with Gasteiger partial charge in [0.05, 0.1) is 11.2 Å². The zero-order valence-electron chi connectivity index (χ0n) is 11.6. The normalized spacial score (nSPS) is 12.9. The number of thiazole rings is 1. The molecule has 0 aliphatic rings. The zero-order chi connectivity index (χ0) is 14.1. The second-order valence-electron chi connectivity index (χ2n) is 4.83. The molecule has 1 N–H and O–H groups in total. The molecule has 20 heavy (non-hydrogen) atoms. The van der Waals surface area contributed by atoms with Gasteiger partial charge in [0, 0.05) is 29.4 Å². The Labute approximate surface area is 121 Å². The maximum Gasteiger partial charge on any atom is 0.122 e. The van der Waals surface area contributed by atoms with Crippen molar-refractivity contribution in [3.8, 4) is 0 Å². The predicted molar refractivity (Wildman–Crippen MR) is 80.9 cm³/mol. The molecule has 0 amide bonds. The SMILES string of the molecule is CCn1nc(CC(O)c2nc(C)cs2)c2ccccc21. The average molecular weight is 287 g/mol. The van der Waals surface area contributed by atoms with E-state index in [9.17, 15) is 5.11 Å². The van der Waals surface area contributed by atoms with Crippen LogP contribution in [0.2, 0.25) is 0 Å². The van der Waals surface area contributed by atoms with Gasteiger partial charge in [0.15, 0.2) is 0 Å². The molecule has 0 bridgehead atoms. The molecule has 2 aromatic heterocycles. The zero-order valence-corrected chi connectivity index (χ0v) is 12.4. The van der Waals surface area contributed by atoms with E-state index in [0.717, 1.165) is 33.8 Å². The Morgan fingerprint density at radius 1 is 1.35 bits per heavy atom. The Bertz CT molecular complexity index is 732. The van der Waals surface area contributed by atoms with Gasteiger partial charge >= 0.3 is 0 Å². The number of nitrogens with zero attached hydrogens (tertiary/aromatic N) is 3. The van der Waals surface area contributed by atoms with E-state index in [4.69, 9.17) is 0 Å². The smallest absolute Gasteiger partial charge is 0.122 e. The first-order valence-corrected chi connectivity index (χ1v) is 7.61. The summed E-state index contributed by atoms with van der Waals surface area (Å²) in [5.74, 6) is 0. The van der Waals surface area contributed by atoms with Crippen molar-refractivity contribution in [3.63, 3.8) is 0 Å². The summed E-state index contributed by atoms with van der Waals surface area (Å²) in [6, 6.07) is 8.15. The van der Waals surface area contributed by atoms with Crippen LogP contribution in [0.15, 0.2) is 29.6 Å². The first kappa shape index (κ1) is 13.3. The Balaban J connectivity index is 1.94. The molecule has 4 nitrogen and oxygen atoms in total. The summed E-state index contributed by atoms with van der Waals surface area (Å²) in [6.45, 7) is 4.84. The number of aryl methyl sites for hydroxylation is 2. The summed E-state index contributed by atoms with van der Waals surface area (Å²) >= 11 is 1.50. The van der Waals surface area contributed by atoms with Crippen molar-refractivity contribution in [1.82, 2.24) is 14.8 Å². The maximum absolute atomic E-state index is 10.3. The van der Waals surface area contributed by atoms with E-state index in [-0.39, 0.29) is 0 Å². The lowest BCUT2D eigenvalue weighted by atomic mass is 10.1. The van der Waals surface area contributed by atoms with E-state index in [2.05, 4.69) is 29.1 Å². The fourth-order valence-electron chi connectivity index (χ4n) is 2.38. The largest absolute Gasteiger partial charge is 0.386 e. The fourth-order valence-corrected chi connectivity index (χ4v) is 3.16. The molecule has 3 aromatic rings. The summed E-state index contributed by atoms with van der Waals surface area (Å²) in [5, 5.41) is 18.8. The number of para-hydroxylation sites is 1. The summed E-state index contributed by atoms with van der Waals surface area (Å²) < 4.78 is 1.98. The molecule has 1 unspecified atom stereocenters. The second-order valence-corrected chi connectivity index (χ2v) is 5.72. The Morgan fingerprint density at radius 2 is 2.15 bits per heavy atom. The monoisotopic (exact) mass is 287 g/mol. The van der Waals surface area contributed by atoms with Crippen LogP contribution in [-0.4, -0.2) is 19.9 Å². The molecule has 1 aromatic carbocycles. The average Bonchev–Trinajstić information content (AvgIpc) is 3.03. The lowest BCUT2D eigenvalue weighted by molar-refractivity contribution is 0.176. The second kappa shape index (κ2) is 5.34. The standard InChI is InChI=1S/C15H17N3OS/c1-3-18-13-7-5-4-6-11(13)12(17-18)8-14(19)15-16-10(2)9-20-15/h4-7,9,14,19H,3,8H2,1-2H3. The fraction of sp³-hybridized carbons (Fsp3) is 0.333. The van der Waals surface area contributed by atoms with Crippen molar-refractivity contribution in [1.29, 1.82) is 0 Å². The van der Waals surface area contributed by atoms with E-state index < -0.39 is 6.10 Å². The van der Waals surface area contributed by atoms with Crippen LogP contribution in [0.4, 0.5) is 0 Å². The number of aliphatic hydroxyl groups is 1. The van der Waals surface area contributed by atoms with Gasteiger partial charge in [-0.1, -0.05) is 18.2 Å². The molecular formula is C15H17N3OS. The molecule has 0 aliphatic carbocycles. The van der Waals surface area contributed by atoms with E-state index in [0.29, 0.717) is 6.42 Å². The molecule has 2 heterocycles. The van der Waals surface area contributed by atoms with Crippen molar-refractivity contribution in [2.75, 3.05) is 0 Å². The van der Waals surface area contributed by atoms with E-state index in [1.54, 1.807) is 0 Å². The highest BCUT2D eigenvalue weighted by molar-refractivity contribution is 7.09. The lowest BCUT2D eigenvalue weighted by Crippen LogP contribution is -2.03. The molecule has 0 fully saturated rings. The van der Waals surface area contributed by atoms with Crippen LogP contribution in [0.3, 0.4) is 0 Å². The Morgan fingerprint density at radius 3 is 2.85 bits per heavy atom. The van der Waals surface area contributed by atoms with Gasteiger partial charge in [0.1, 0.15) is 11.1 Å². The maximum atomic E-state index is 10.3. The molecule has 0 saturated heterocycles. The summed E-state index contributed by atoms with van der Waals surface area (Å²) in [5.41, 5.74) is 3.00. The van der Waals surface area contributed by atoms with Crippen LogP contribution < -0.4 is 0 Å². The van der Waals surface area contributed by atoms with Crippen molar-refractivity contribution < 1.29 is 5.11 Å². The highest BCUT2D eigenvalue weighted by Crippen LogP contribution is 2.25. The number of aromatic nitrogens is 3. The van der Waals surface area contributed by atoms with Crippen LogP contribution >= 0.6 is 11.3 Å². The van der Waals surface area contributed by atoms with Gasteiger partial charge in [0.25, 0.3) is 0 Å². The van der Waals surface area contributed by atoms with E-state index >= 15 is 0 Å². The number of benzene rings is 1. The topological polar surface area (TPSA) is 50.9 Å². The Hall–Kier alpha value is -1.72. The van der Waals surface area contributed by atoms with Gasteiger partial charge in [-0.3, -0.25) is 4.68 Å². The summed E-state index contributed by atoms with van der Waals surface area (Å²) in [4.78, 5) is 4.35. The number of aliphatic hydroxyl groups excluding tert-OH is 1. The number of rotatable bonds is 4. The number of hydrogen-bond acceptors (Lipinski definition) is 4. The van der Waals surface area contributed by atoms with Gasteiger partial charge in [-0.15, -0.1) is 11.3 Å².